The summed E-state index contributed by atoms with van der Waals surface area (Å²) >= 11 is 0. The molecule has 0 saturated heterocycles. The molecule has 4 nitrogen and oxygen atoms in total. The predicted octanol–water partition coefficient (Wildman–Crippen LogP) is 3.55. The Morgan fingerprint density at radius 1 is 1.09 bits per heavy atom. The van der Waals surface area contributed by atoms with E-state index in [4.69, 9.17) is 0 Å². The lowest BCUT2D eigenvalue weighted by Crippen LogP contribution is -2.19. The van der Waals surface area contributed by atoms with Crippen LogP contribution < -0.4 is 4.74 Å². The molecule has 2 aromatic carbocycles. The van der Waals surface area contributed by atoms with E-state index < -0.39 is 29.4 Å². The van der Waals surface area contributed by atoms with Crippen LogP contribution in [0.2, 0.25) is 0 Å². The molecule has 23 heavy (non-hydrogen) atoms. The molecule has 0 unspecified atom stereocenters. The van der Waals surface area contributed by atoms with E-state index in [-0.39, 0.29) is 21.6 Å². The number of ketones is 1. The van der Waals surface area contributed by atoms with Crippen LogP contribution in [-0.4, -0.2) is 22.6 Å². The van der Waals surface area contributed by atoms with Gasteiger partial charge < -0.3 is 9.94 Å². The fourth-order valence-corrected chi connectivity index (χ4v) is 2.29. The highest BCUT2D eigenvalue weighted by atomic mass is 19.4. The predicted molar refractivity (Wildman–Crippen MR) is 71.3 cm³/mol. The van der Waals surface area contributed by atoms with Crippen LogP contribution in [0.1, 0.15) is 15.9 Å². The lowest BCUT2D eigenvalue weighted by atomic mass is 10.0. The van der Waals surface area contributed by atoms with Crippen molar-refractivity contribution in [2.45, 2.75) is 6.36 Å². The first-order chi connectivity index (χ1) is 10.8. The zero-order valence-electron chi connectivity index (χ0n) is 11.2. The minimum Gasteiger partial charge on any atom is -0.618 e. The second-order valence-corrected chi connectivity index (χ2v) is 4.71. The van der Waals surface area contributed by atoms with E-state index in [1.807, 2.05) is 0 Å². The molecule has 1 aliphatic heterocycles. The van der Waals surface area contributed by atoms with Crippen molar-refractivity contribution in [2.24, 2.45) is 0 Å². The number of fused-ring (bicyclic) bond motifs is 1. The van der Waals surface area contributed by atoms with Gasteiger partial charge in [-0.15, -0.1) is 13.2 Å². The maximum Gasteiger partial charge on any atom is 0.573 e. The molecule has 0 fully saturated rings. The van der Waals surface area contributed by atoms with Crippen molar-refractivity contribution in [1.82, 2.24) is 0 Å². The van der Waals surface area contributed by atoms with E-state index in [0.717, 1.165) is 30.3 Å². The van der Waals surface area contributed by atoms with Crippen molar-refractivity contribution in [3.8, 4) is 5.75 Å². The third-order valence-corrected chi connectivity index (χ3v) is 3.18. The van der Waals surface area contributed by atoms with Gasteiger partial charge in [0, 0.05) is 6.07 Å². The van der Waals surface area contributed by atoms with Crippen LogP contribution >= 0.6 is 0 Å². The summed E-state index contributed by atoms with van der Waals surface area (Å²) in [6.45, 7) is 0. The van der Waals surface area contributed by atoms with Crippen molar-refractivity contribution < 1.29 is 31.8 Å². The zero-order valence-corrected chi connectivity index (χ0v) is 11.2. The number of benzene rings is 2. The lowest BCUT2D eigenvalue weighted by Gasteiger charge is -2.09. The first kappa shape index (κ1) is 15.0. The van der Waals surface area contributed by atoms with E-state index in [1.54, 1.807) is 0 Å². The Balaban J connectivity index is 2.06. The van der Waals surface area contributed by atoms with Gasteiger partial charge in [0.05, 0.1) is 5.56 Å². The Morgan fingerprint density at radius 3 is 2.52 bits per heavy atom. The molecule has 0 bridgehead atoms. The molecule has 118 valence electrons. The molecule has 2 aromatic rings. The SMILES string of the molecule is O=C1C(c2cccc(OC(F)(F)F)c2)=[N+]([O-])c2cc(F)ccc21. The average Bonchev–Trinajstić information content (AvgIpc) is 2.69. The Bertz CT molecular complexity index is 843. The maximum atomic E-state index is 13.2. The van der Waals surface area contributed by atoms with Crippen LogP contribution in [0.4, 0.5) is 23.2 Å². The molecular formula is C15H7F4NO3. The topological polar surface area (TPSA) is 52.4 Å². The van der Waals surface area contributed by atoms with Crippen molar-refractivity contribution in [3.05, 3.63) is 64.6 Å². The minimum atomic E-state index is -4.90. The van der Waals surface area contributed by atoms with Crippen molar-refractivity contribution in [1.29, 1.82) is 0 Å². The van der Waals surface area contributed by atoms with E-state index in [2.05, 4.69) is 4.74 Å². The first-order valence-electron chi connectivity index (χ1n) is 6.31. The van der Waals surface area contributed by atoms with Gasteiger partial charge in [0.1, 0.15) is 17.1 Å². The maximum absolute atomic E-state index is 13.2. The molecule has 0 aliphatic carbocycles. The summed E-state index contributed by atoms with van der Waals surface area (Å²) in [5.74, 6) is -1.96. The Kier molecular flexibility index (Phi) is 3.32. The van der Waals surface area contributed by atoms with Gasteiger partial charge in [-0.1, -0.05) is 6.07 Å². The molecule has 8 heteroatoms. The van der Waals surface area contributed by atoms with Gasteiger partial charge in [0.15, 0.2) is 0 Å². The molecule has 3 rings (SSSR count). The van der Waals surface area contributed by atoms with Gasteiger partial charge in [0.25, 0.3) is 11.5 Å². The summed E-state index contributed by atoms with van der Waals surface area (Å²) in [5.41, 5.74) is -0.646. The van der Waals surface area contributed by atoms with Crippen molar-refractivity contribution >= 4 is 17.2 Å². The second-order valence-electron chi connectivity index (χ2n) is 4.71. The summed E-state index contributed by atoms with van der Waals surface area (Å²) in [6, 6.07) is 7.55. The summed E-state index contributed by atoms with van der Waals surface area (Å²) < 4.78 is 53.9. The molecule has 0 saturated carbocycles. The average molecular weight is 325 g/mol. The molecule has 0 amide bonds. The zero-order chi connectivity index (χ0) is 16.8. The van der Waals surface area contributed by atoms with Gasteiger partial charge in [-0.3, -0.25) is 4.79 Å². The van der Waals surface area contributed by atoms with Gasteiger partial charge in [0.2, 0.25) is 5.69 Å². The fourth-order valence-electron chi connectivity index (χ4n) is 2.29. The summed E-state index contributed by atoms with van der Waals surface area (Å²) in [7, 11) is 0. The van der Waals surface area contributed by atoms with Gasteiger partial charge in [-0.05, 0) is 30.3 Å². The number of carbonyl (C=O) groups excluding carboxylic acids is 1. The molecular weight excluding hydrogens is 318 g/mol. The Labute approximate surface area is 126 Å². The van der Waals surface area contributed by atoms with Crippen LogP contribution in [-0.2, 0) is 0 Å². The number of carbonyl (C=O) groups is 1. The van der Waals surface area contributed by atoms with Crippen molar-refractivity contribution in [3.63, 3.8) is 0 Å². The standard InChI is InChI=1S/C15H7F4NO3/c16-9-4-5-11-12(7-9)20(22)13(14(11)21)8-2-1-3-10(6-8)23-15(17,18)19/h1-7H. The fraction of sp³-hybridized carbons (Fsp3) is 0.0667. The van der Waals surface area contributed by atoms with E-state index in [0.29, 0.717) is 0 Å². The molecule has 1 heterocycles. The molecule has 1 aliphatic rings. The number of hydrogen-bond donors (Lipinski definition) is 0. The summed E-state index contributed by atoms with van der Waals surface area (Å²) in [4.78, 5) is 12.3. The van der Waals surface area contributed by atoms with Crippen LogP contribution in [0.25, 0.3) is 0 Å². The number of ether oxygens (including phenoxy) is 1. The molecule has 0 atom stereocenters. The molecule has 0 N–H and O–H groups in total. The lowest BCUT2D eigenvalue weighted by molar-refractivity contribution is -0.355. The van der Waals surface area contributed by atoms with E-state index in [9.17, 15) is 27.6 Å². The third-order valence-electron chi connectivity index (χ3n) is 3.18. The molecule has 0 spiro atoms. The third kappa shape index (κ3) is 2.75. The quantitative estimate of drug-likeness (QED) is 0.482. The number of Topliss-reactive ketones (excluding diaryl/α,β-unsaturated/α-hetero) is 1. The normalized spacial score (nSPS) is 14.2. The van der Waals surface area contributed by atoms with Crippen molar-refractivity contribution in [2.75, 3.05) is 0 Å². The minimum absolute atomic E-state index is 0.0152. The summed E-state index contributed by atoms with van der Waals surface area (Å²) in [5, 5.41) is 12.2. The van der Waals surface area contributed by atoms with Gasteiger partial charge in [-0.25, -0.2) is 4.39 Å². The van der Waals surface area contributed by atoms with Crippen LogP contribution in [0, 0.1) is 11.0 Å². The number of rotatable bonds is 2. The Morgan fingerprint density at radius 2 is 1.83 bits per heavy atom. The highest BCUT2D eigenvalue weighted by Gasteiger charge is 2.37. The van der Waals surface area contributed by atoms with Crippen LogP contribution in [0.3, 0.4) is 0 Å². The van der Waals surface area contributed by atoms with Gasteiger partial charge in [-0.2, -0.15) is 4.74 Å². The highest BCUT2D eigenvalue weighted by molar-refractivity contribution is 6.52. The second kappa shape index (κ2) is 5.08. The Hall–Kier alpha value is -2.90. The number of nitrogens with zero attached hydrogens (tertiary/aromatic N) is 1. The number of alkyl halides is 3. The van der Waals surface area contributed by atoms with E-state index in [1.165, 1.54) is 12.1 Å². The highest BCUT2D eigenvalue weighted by Crippen LogP contribution is 2.30. The largest absolute Gasteiger partial charge is 0.618 e. The van der Waals surface area contributed by atoms with E-state index >= 15 is 0 Å². The smallest absolute Gasteiger partial charge is 0.573 e. The number of halogens is 4. The van der Waals surface area contributed by atoms with Crippen LogP contribution in [0.15, 0.2) is 42.5 Å². The van der Waals surface area contributed by atoms with Gasteiger partial charge >= 0.3 is 6.36 Å². The molecule has 0 aromatic heterocycles. The monoisotopic (exact) mass is 325 g/mol. The summed E-state index contributed by atoms with van der Waals surface area (Å²) in [6.07, 6.45) is -4.90. The first-order valence-corrected chi connectivity index (χ1v) is 6.31. The van der Waals surface area contributed by atoms with Crippen LogP contribution in [0.5, 0.6) is 5.75 Å². The molecule has 0 radical (unpaired) electrons. The number of hydrogen-bond acceptors (Lipinski definition) is 3.